The number of hydrogen-bond acceptors (Lipinski definition) is 6. The third-order valence-electron chi connectivity index (χ3n) is 7.65. The summed E-state index contributed by atoms with van der Waals surface area (Å²) in [6, 6.07) is 6.27. The topological polar surface area (TPSA) is 91.7 Å². The van der Waals surface area contributed by atoms with Crippen molar-refractivity contribution >= 4 is 23.3 Å². The maximum Gasteiger partial charge on any atom is 0.410 e. The predicted molar refractivity (Wildman–Crippen MR) is 160 cm³/mol. The van der Waals surface area contributed by atoms with Crippen LogP contribution in [0.3, 0.4) is 0 Å². The Kier molecular flexibility index (Phi) is 9.12. The molecule has 3 N–H and O–H groups in total. The summed E-state index contributed by atoms with van der Waals surface area (Å²) in [5, 5.41) is 17.9. The number of nitrogens with one attached hydrogen (secondary N) is 2. The molecule has 0 bridgehead atoms. The Morgan fingerprint density at radius 1 is 1.23 bits per heavy atom. The predicted octanol–water partition coefficient (Wildman–Crippen LogP) is 4.51. The van der Waals surface area contributed by atoms with E-state index in [1.165, 1.54) is 11.1 Å². The Hall–Kier alpha value is -3.07. The van der Waals surface area contributed by atoms with E-state index < -0.39 is 5.41 Å². The van der Waals surface area contributed by atoms with Gasteiger partial charge in [0.1, 0.15) is 11.4 Å². The highest BCUT2D eigenvalue weighted by atomic mass is 35.5. The summed E-state index contributed by atoms with van der Waals surface area (Å²) in [5.41, 5.74) is 4.58. The molecule has 2 unspecified atom stereocenters. The molecule has 2 aliphatic heterocycles. The third kappa shape index (κ3) is 6.62. The van der Waals surface area contributed by atoms with Crippen LogP contribution in [-0.4, -0.2) is 70.1 Å². The SMILES string of the molecule is CC(C)(C)OC(=O)N1CCNCC1.Cc1ncc(C(C)(CO)C2=CC3=CC=CNC3Cc3ccc(Cl)cc32)n1C. The molecule has 3 aliphatic rings. The van der Waals surface area contributed by atoms with Crippen molar-refractivity contribution in [1.82, 2.24) is 25.1 Å². The lowest BCUT2D eigenvalue weighted by Crippen LogP contribution is -2.48. The molecule has 3 heterocycles. The number of amides is 1. The lowest BCUT2D eigenvalue weighted by atomic mass is 9.75. The molecule has 1 aliphatic carbocycles. The van der Waals surface area contributed by atoms with E-state index in [0.29, 0.717) is 5.02 Å². The summed E-state index contributed by atoms with van der Waals surface area (Å²) in [6.07, 6.45) is 10.9. The second-order valence-corrected chi connectivity index (χ2v) is 12.2. The first-order valence-electron chi connectivity index (χ1n) is 13.8. The molecule has 40 heavy (non-hydrogen) atoms. The molecule has 0 saturated carbocycles. The first-order chi connectivity index (χ1) is 18.9. The Morgan fingerprint density at radius 3 is 2.58 bits per heavy atom. The maximum atomic E-state index is 11.5. The van der Waals surface area contributed by atoms with E-state index in [1.807, 2.05) is 65.3 Å². The van der Waals surface area contributed by atoms with Crippen LogP contribution in [0.2, 0.25) is 5.02 Å². The summed E-state index contributed by atoms with van der Waals surface area (Å²) in [4.78, 5) is 17.7. The van der Waals surface area contributed by atoms with Crippen molar-refractivity contribution in [3.63, 3.8) is 0 Å². The van der Waals surface area contributed by atoms with Gasteiger partial charge in [0.2, 0.25) is 0 Å². The van der Waals surface area contributed by atoms with Crippen molar-refractivity contribution in [1.29, 1.82) is 0 Å². The second kappa shape index (κ2) is 12.2. The minimum atomic E-state index is -0.605. The number of dihydropyridines is 1. The summed E-state index contributed by atoms with van der Waals surface area (Å²) in [5.74, 6) is 0.921. The van der Waals surface area contributed by atoms with Gasteiger partial charge in [0.15, 0.2) is 0 Å². The molecule has 1 saturated heterocycles. The number of aromatic nitrogens is 2. The molecule has 0 spiro atoms. The summed E-state index contributed by atoms with van der Waals surface area (Å²) >= 11 is 6.37. The van der Waals surface area contributed by atoms with Gasteiger partial charge in [-0.2, -0.15) is 0 Å². The fraction of sp³-hybridized carbons (Fsp3) is 0.484. The summed E-state index contributed by atoms with van der Waals surface area (Å²) < 4.78 is 7.29. The van der Waals surface area contributed by atoms with E-state index in [-0.39, 0.29) is 24.3 Å². The zero-order valence-corrected chi connectivity index (χ0v) is 25.2. The molecule has 1 amide bonds. The molecule has 1 aromatic heterocycles. The number of carbonyl (C=O) groups is 1. The van der Waals surface area contributed by atoms with Crippen molar-refractivity contribution in [3.05, 3.63) is 82.1 Å². The largest absolute Gasteiger partial charge is 0.444 e. The average Bonchev–Trinajstić information content (AvgIpc) is 3.17. The van der Waals surface area contributed by atoms with Crippen molar-refractivity contribution < 1.29 is 14.6 Å². The van der Waals surface area contributed by atoms with E-state index in [4.69, 9.17) is 16.3 Å². The number of aliphatic hydroxyl groups excluding tert-OH is 1. The molecular weight excluding hydrogens is 526 g/mol. The Labute approximate surface area is 242 Å². The molecule has 5 rings (SSSR count). The second-order valence-electron chi connectivity index (χ2n) is 11.8. The molecule has 216 valence electrons. The number of aliphatic hydroxyl groups is 1. The quantitative estimate of drug-likeness (QED) is 0.505. The van der Waals surface area contributed by atoms with E-state index in [1.54, 1.807) is 4.90 Å². The van der Waals surface area contributed by atoms with Gasteiger partial charge in [0.25, 0.3) is 0 Å². The highest BCUT2D eigenvalue weighted by molar-refractivity contribution is 6.30. The normalized spacial score (nSPS) is 19.9. The van der Waals surface area contributed by atoms with Gasteiger partial charge < -0.3 is 29.9 Å². The number of rotatable bonds is 3. The number of piperazine rings is 1. The molecule has 2 atom stereocenters. The molecule has 1 aromatic carbocycles. The molecule has 8 nitrogen and oxygen atoms in total. The van der Waals surface area contributed by atoms with Crippen molar-refractivity contribution in [3.8, 4) is 0 Å². The maximum absolute atomic E-state index is 11.5. The van der Waals surface area contributed by atoms with Crippen LogP contribution in [0.4, 0.5) is 4.79 Å². The van der Waals surface area contributed by atoms with Gasteiger partial charge in [-0.05, 0) is 87.7 Å². The Morgan fingerprint density at radius 2 is 1.95 bits per heavy atom. The number of carbonyl (C=O) groups excluding carboxylic acids is 1. The van der Waals surface area contributed by atoms with Crippen molar-refractivity contribution in [2.24, 2.45) is 7.05 Å². The number of halogens is 1. The highest BCUT2D eigenvalue weighted by Gasteiger charge is 2.37. The molecule has 0 radical (unpaired) electrons. The van der Waals surface area contributed by atoms with Crippen LogP contribution in [0.15, 0.2) is 54.4 Å². The van der Waals surface area contributed by atoms with Gasteiger partial charge in [0.05, 0.1) is 18.1 Å². The van der Waals surface area contributed by atoms with Crippen LogP contribution in [0.1, 0.15) is 50.3 Å². The number of imidazole rings is 1. The number of nitrogens with zero attached hydrogens (tertiary/aromatic N) is 3. The third-order valence-corrected chi connectivity index (χ3v) is 7.88. The van der Waals surface area contributed by atoms with Crippen LogP contribution >= 0.6 is 11.6 Å². The van der Waals surface area contributed by atoms with E-state index in [2.05, 4.69) is 45.3 Å². The van der Waals surface area contributed by atoms with E-state index in [9.17, 15) is 9.90 Å². The number of hydrogen-bond donors (Lipinski definition) is 3. The van der Waals surface area contributed by atoms with Crippen LogP contribution < -0.4 is 10.6 Å². The number of benzene rings is 1. The van der Waals surface area contributed by atoms with E-state index in [0.717, 1.165) is 55.3 Å². The zero-order chi connectivity index (χ0) is 29.1. The van der Waals surface area contributed by atoms with Crippen molar-refractivity contribution in [2.45, 2.75) is 58.1 Å². The van der Waals surface area contributed by atoms with Crippen LogP contribution in [0, 0.1) is 6.92 Å². The van der Waals surface area contributed by atoms with E-state index >= 15 is 0 Å². The lowest BCUT2D eigenvalue weighted by Gasteiger charge is -2.32. The van der Waals surface area contributed by atoms with Gasteiger partial charge in [-0.25, -0.2) is 9.78 Å². The standard InChI is InChI=1S/C22H24ClN3O.C9H18N2O2/c1-14-25-12-21(26(14)3)22(2,13-27)19-9-16-5-4-8-24-20(16)10-15-6-7-17(23)11-18(15)19;1-9(2,3)13-8(12)11-6-4-10-5-7-11/h4-9,11-12,20,24,27H,10,13H2,1-3H3;10H,4-7H2,1-3H3. The molecular formula is C31H42ClN5O3. The Balaban J connectivity index is 0.000000240. The van der Waals surface area contributed by atoms with Gasteiger partial charge in [-0.1, -0.05) is 29.8 Å². The van der Waals surface area contributed by atoms with Crippen molar-refractivity contribution in [2.75, 3.05) is 32.8 Å². The molecule has 9 heteroatoms. The minimum absolute atomic E-state index is 0.0228. The number of ether oxygens (including phenoxy) is 1. The smallest absolute Gasteiger partial charge is 0.410 e. The van der Waals surface area contributed by atoms with Gasteiger partial charge >= 0.3 is 6.09 Å². The number of aryl methyl sites for hydroxylation is 1. The number of allylic oxidation sites excluding steroid dienone is 2. The summed E-state index contributed by atoms with van der Waals surface area (Å²) in [6.45, 7) is 12.9. The van der Waals surface area contributed by atoms with Crippen LogP contribution in [0.25, 0.3) is 5.57 Å². The average molecular weight is 568 g/mol. The number of fused-ring (bicyclic) bond motifs is 2. The first-order valence-corrected chi connectivity index (χ1v) is 14.2. The fourth-order valence-corrected chi connectivity index (χ4v) is 5.43. The minimum Gasteiger partial charge on any atom is -0.444 e. The Bertz CT molecular complexity index is 1320. The monoisotopic (exact) mass is 567 g/mol. The summed E-state index contributed by atoms with van der Waals surface area (Å²) in [7, 11) is 1.99. The van der Waals surface area contributed by atoms with Gasteiger partial charge in [0, 0.05) is 50.1 Å². The lowest BCUT2D eigenvalue weighted by molar-refractivity contribution is 0.0229. The van der Waals surface area contributed by atoms with Gasteiger partial charge in [-0.15, -0.1) is 0 Å². The molecule has 1 fully saturated rings. The van der Waals surface area contributed by atoms with Crippen LogP contribution in [0.5, 0.6) is 0 Å². The zero-order valence-electron chi connectivity index (χ0n) is 24.4. The first kappa shape index (κ1) is 29.9. The molecule has 2 aromatic rings. The van der Waals surface area contributed by atoms with Gasteiger partial charge in [-0.3, -0.25) is 0 Å². The van der Waals surface area contributed by atoms with Crippen LogP contribution in [-0.2, 0) is 23.6 Å². The fourth-order valence-electron chi connectivity index (χ4n) is 5.26. The highest BCUT2D eigenvalue weighted by Crippen LogP contribution is 2.43.